The Balaban J connectivity index is 0.00000261. The Morgan fingerprint density at radius 3 is 2.07 bits per heavy atom. The standard InChI is InChI=1S/C22H28N2O2.ClH/c23-14-8-2-1-3-9-15-24-22(25)26-16-21-19-12-6-4-10-17(19)18-11-5-7-13-20(18)21;/h4-7,10-13,21H,1-3,8-9,14-16,23H2,(H,24,25);1H. The molecule has 0 saturated heterocycles. The van der Waals surface area contributed by atoms with Crippen molar-refractivity contribution in [3.63, 3.8) is 0 Å². The third kappa shape index (κ3) is 5.47. The molecule has 27 heavy (non-hydrogen) atoms. The number of nitrogens with one attached hydrogen (secondary N) is 1. The average Bonchev–Trinajstić information content (AvgIpc) is 3.00. The summed E-state index contributed by atoms with van der Waals surface area (Å²) in [6.45, 7) is 1.80. The number of hydrogen-bond donors (Lipinski definition) is 2. The van der Waals surface area contributed by atoms with E-state index in [0.717, 1.165) is 25.8 Å². The number of nitrogens with two attached hydrogens (primary N) is 1. The topological polar surface area (TPSA) is 64.3 Å². The number of halogens is 1. The van der Waals surface area contributed by atoms with Crippen LogP contribution in [0, 0.1) is 0 Å². The van der Waals surface area contributed by atoms with E-state index in [1.807, 2.05) is 12.1 Å². The molecule has 0 fully saturated rings. The Kier molecular flexibility index (Phi) is 8.62. The summed E-state index contributed by atoms with van der Waals surface area (Å²) >= 11 is 0. The molecule has 0 aromatic heterocycles. The first-order valence-corrected chi connectivity index (χ1v) is 9.60. The lowest BCUT2D eigenvalue weighted by molar-refractivity contribution is 0.143. The Morgan fingerprint density at radius 1 is 0.889 bits per heavy atom. The number of hydrogen-bond acceptors (Lipinski definition) is 3. The molecule has 1 aliphatic carbocycles. The van der Waals surface area contributed by atoms with Crippen LogP contribution in [0.4, 0.5) is 4.79 Å². The second-order valence-electron chi connectivity index (χ2n) is 6.81. The molecule has 4 nitrogen and oxygen atoms in total. The molecule has 2 aromatic rings. The van der Waals surface area contributed by atoms with Gasteiger partial charge >= 0.3 is 6.09 Å². The van der Waals surface area contributed by atoms with Gasteiger partial charge in [-0.05, 0) is 41.6 Å². The number of carbonyl (C=O) groups is 1. The predicted molar refractivity (Wildman–Crippen MR) is 112 cm³/mol. The zero-order valence-corrected chi connectivity index (χ0v) is 16.5. The Labute approximate surface area is 167 Å². The van der Waals surface area contributed by atoms with Gasteiger partial charge in [0.2, 0.25) is 0 Å². The van der Waals surface area contributed by atoms with E-state index in [1.165, 1.54) is 35.1 Å². The Morgan fingerprint density at radius 2 is 1.44 bits per heavy atom. The lowest BCUT2D eigenvalue weighted by Crippen LogP contribution is -2.27. The van der Waals surface area contributed by atoms with Gasteiger partial charge in [-0.15, -0.1) is 12.4 Å². The number of carbonyl (C=O) groups excluding carboxylic acids is 1. The van der Waals surface area contributed by atoms with Gasteiger partial charge in [0.25, 0.3) is 0 Å². The molecule has 0 heterocycles. The summed E-state index contributed by atoms with van der Waals surface area (Å²) in [5, 5.41) is 2.86. The third-order valence-corrected chi connectivity index (χ3v) is 4.99. The molecule has 3 rings (SSSR count). The van der Waals surface area contributed by atoms with Crippen molar-refractivity contribution in [1.82, 2.24) is 5.32 Å². The van der Waals surface area contributed by atoms with Crippen LogP contribution in [0.3, 0.4) is 0 Å². The van der Waals surface area contributed by atoms with Crippen molar-refractivity contribution in [3.8, 4) is 11.1 Å². The van der Waals surface area contributed by atoms with Gasteiger partial charge in [-0.2, -0.15) is 0 Å². The number of alkyl carbamates (subject to hydrolysis) is 1. The monoisotopic (exact) mass is 388 g/mol. The summed E-state index contributed by atoms with van der Waals surface area (Å²) in [6.07, 6.45) is 5.19. The van der Waals surface area contributed by atoms with Crippen LogP contribution in [0.2, 0.25) is 0 Å². The van der Waals surface area contributed by atoms with E-state index in [9.17, 15) is 4.79 Å². The van der Waals surface area contributed by atoms with Crippen molar-refractivity contribution in [2.75, 3.05) is 19.7 Å². The van der Waals surface area contributed by atoms with Crippen LogP contribution in [0.5, 0.6) is 0 Å². The SMILES string of the molecule is Cl.NCCCCCCCNC(=O)OCC1c2ccccc2-c2ccccc21. The number of fused-ring (bicyclic) bond motifs is 3. The number of unbranched alkanes of at least 4 members (excludes halogenated alkanes) is 4. The average molecular weight is 389 g/mol. The van der Waals surface area contributed by atoms with E-state index in [0.29, 0.717) is 13.2 Å². The fraction of sp³-hybridized carbons (Fsp3) is 0.409. The van der Waals surface area contributed by atoms with E-state index >= 15 is 0 Å². The number of amides is 1. The summed E-state index contributed by atoms with van der Waals surface area (Å²) in [6, 6.07) is 16.7. The maximum absolute atomic E-state index is 12.0. The first kappa shape index (κ1) is 21.3. The van der Waals surface area contributed by atoms with Gasteiger partial charge in [-0.25, -0.2) is 4.79 Å². The van der Waals surface area contributed by atoms with Gasteiger partial charge in [-0.1, -0.05) is 67.8 Å². The highest BCUT2D eigenvalue weighted by atomic mass is 35.5. The molecule has 0 radical (unpaired) electrons. The molecule has 0 unspecified atom stereocenters. The van der Waals surface area contributed by atoms with E-state index in [4.69, 9.17) is 10.5 Å². The molecule has 2 aromatic carbocycles. The lowest BCUT2D eigenvalue weighted by atomic mass is 9.98. The maximum atomic E-state index is 12.0. The Hall–Kier alpha value is -2.04. The zero-order valence-electron chi connectivity index (χ0n) is 15.7. The minimum Gasteiger partial charge on any atom is -0.449 e. The van der Waals surface area contributed by atoms with Crippen LogP contribution >= 0.6 is 12.4 Å². The normalized spacial score (nSPS) is 12.0. The summed E-state index contributed by atoms with van der Waals surface area (Å²) in [4.78, 5) is 12.0. The second kappa shape index (κ2) is 11.0. The highest BCUT2D eigenvalue weighted by Gasteiger charge is 2.28. The summed E-state index contributed by atoms with van der Waals surface area (Å²) in [7, 11) is 0. The molecule has 0 spiro atoms. The van der Waals surface area contributed by atoms with Crippen molar-refractivity contribution in [2.45, 2.75) is 38.0 Å². The van der Waals surface area contributed by atoms with Gasteiger partial charge in [0.15, 0.2) is 0 Å². The molecular weight excluding hydrogens is 360 g/mol. The van der Waals surface area contributed by atoms with Gasteiger partial charge in [0.1, 0.15) is 6.61 Å². The molecular formula is C22H29ClN2O2. The molecule has 0 atom stereocenters. The van der Waals surface area contributed by atoms with Gasteiger partial charge < -0.3 is 15.8 Å². The maximum Gasteiger partial charge on any atom is 0.407 e. The number of rotatable bonds is 9. The van der Waals surface area contributed by atoms with Crippen molar-refractivity contribution in [3.05, 3.63) is 59.7 Å². The fourth-order valence-electron chi connectivity index (χ4n) is 3.64. The molecule has 0 bridgehead atoms. The molecule has 5 heteroatoms. The molecule has 3 N–H and O–H groups in total. The van der Waals surface area contributed by atoms with Crippen LogP contribution in [-0.4, -0.2) is 25.8 Å². The van der Waals surface area contributed by atoms with Crippen molar-refractivity contribution >= 4 is 18.5 Å². The molecule has 0 aliphatic heterocycles. The number of ether oxygens (including phenoxy) is 1. The van der Waals surface area contributed by atoms with Gasteiger partial charge in [0, 0.05) is 12.5 Å². The fourth-order valence-corrected chi connectivity index (χ4v) is 3.64. The lowest BCUT2D eigenvalue weighted by Gasteiger charge is -2.14. The van der Waals surface area contributed by atoms with Gasteiger partial charge in [0.05, 0.1) is 0 Å². The predicted octanol–water partition coefficient (Wildman–Crippen LogP) is 4.86. The summed E-state index contributed by atoms with van der Waals surface area (Å²) < 4.78 is 5.52. The van der Waals surface area contributed by atoms with Crippen molar-refractivity contribution < 1.29 is 9.53 Å². The van der Waals surface area contributed by atoms with E-state index in [-0.39, 0.29) is 24.4 Å². The van der Waals surface area contributed by atoms with Crippen LogP contribution in [0.25, 0.3) is 11.1 Å². The molecule has 1 aliphatic rings. The molecule has 0 saturated carbocycles. The highest BCUT2D eigenvalue weighted by molar-refractivity contribution is 5.85. The van der Waals surface area contributed by atoms with E-state index < -0.39 is 0 Å². The molecule has 146 valence electrons. The molecule has 1 amide bonds. The zero-order chi connectivity index (χ0) is 18.2. The summed E-state index contributed by atoms with van der Waals surface area (Å²) in [5.74, 6) is 0.115. The quantitative estimate of drug-likeness (QED) is 0.603. The van der Waals surface area contributed by atoms with Crippen molar-refractivity contribution in [1.29, 1.82) is 0 Å². The van der Waals surface area contributed by atoms with Crippen LogP contribution in [0.1, 0.15) is 49.1 Å². The van der Waals surface area contributed by atoms with Crippen LogP contribution < -0.4 is 11.1 Å². The van der Waals surface area contributed by atoms with Gasteiger partial charge in [-0.3, -0.25) is 0 Å². The minimum atomic E-state index is -0.325. The summed E-state index contributed by atoms with van der Waals surface area (Å²) in [5.41, 5.74) is 10.4. The second-order valence-corrected chi connectivity index (χ2v) is 6.81. The highest BCUT2D eigenvalue weighted by Crippen LogP contribution is 2.44. The first-order chi connectivity index (χ1) is 12.8. The van der Waals surface area contributed by atoms with Crippen LogP contribution in [-0.2, 0) is 4.74 Å². The van der Waals surface area contributed by atoms with E-state index in [2.05, 4.69) is 41.7 Å². The third-order valence-electron chi connectivity index (χ3n) is 4.99. The van der Waals surface area contributed by atoms with Crippen molar-refractivity contribution in [2.24, 2.45) is 5.73 Å². The van der Waals surface area contributed by atoms with Crippen LogP contribution in [0.15, 0.2) is 48.5 Å². The smallest absolute Gasteiger partial charge is 0.407 e. The Bertz CT molecular complexity index is 690. The first-order valence-electron chi connectivity index (χ1n) is 9.60. The van der Waals surface area contributed by atoms with E-state index in [1.54, 1.807) is 0 Å². The minimum absolute atomic E-state index is 0. The largest absolute Gasteiger partial charge is 0.449 e. The number of benzene rings is 2.